The van der Waals surface area contributed by atoms with Crippen LogP contribution in [-0.4, -0.2) is 95.9 Å². The minimum Gasteiger partial charge on any atom is -0.463 e. The lowest BCUT2D eigenvalue weighted by Gasteiger charge is -2.21. The Kier molecular flexibility index (Phi) is 81.9. The van der Waals surface area contributed by atoms with E-state index < -0.39 is 91.5 Å². The van der Waals surface area contributed by atoms with Crippen molar-refractivity contribution in [1.82, 2.24) is 0 Å². The molecule has 113 heavy (non-hydrogen) atoms. The van der Waals surface area contributed by atoms with Crippen LogP contribution >= 0.6 is 15.6 Å². The maximum absolute atomic E-state index is 13.0. The number of allylic oxidation sites excluding steroid dienone is 30. The standard InChI is InChI=1S/C95H158O16P2/c1-4-7-10-13-16-19-22-25-28-31-34-36-38-39-40-41-42-43-44-45-46-47-48-49-51-53-55-57-60-63-66-69-72-75-78-81-93(98)105-84-90(96)85-107-112(101,102)108-86-91(97)87-109-113(103,104)110-89-92(111-95(100)83-80-77-74-71-68-65-62-59-54-33-30-27-24-21-18-15-12-9-6-3)88-106-94(99)82-79-76-73-70-67-64-61-58-56-52-50-37-35-32-29-26-23-20-17-14-11-8-5-2/h8-9,11-12,16-21,25-30,34-37,39-40,52,54,56,59,61,64-65,68,90-92,96-97H,4-7,10,13-15,22-24,31-33,38,41-51,53,55,57-58,60,62-63,66-67,69-89H2,1-3H3,(H,101,102)(H,103,104)/b11-8-,12-9-,19-16-,20-17-,21-18-,28-25-,29-26-,30-27-,36-34-,37-35-,40-39-,56-52-,59-54-,64-61-,68-65-. The lowest BCUT2D eigenvalue weighted by atomic mass is 10.0. The van der Waals surface area contributed by atoms with E-state index in [2.05, 4.69) is 203 Å². The van der Waals surface area contributed by atoms with Crippen molar-refractivity contribution in [3.8, 4) is 0 Å². The monoisotopic (exact) mass is 1620 g/mol. The molecule has 0 radical (unpaired) electrons. The van der Waals surface area contributed by atoms with Gasteiger partial charge in [-0.3, -0.25) is 32.5 Å². The minimum atomic E-state index is -4.96. The number of unbranched alkanes of at least 4 members (excludes halogenated alkanes) is 29. The number of esters is 3. The van der Waals surface area contributed by atoms with Gasteiger partial charge in [0.2, 0.25) is 0 Å². The molecule has 5 unspecified atom stereocenters. The molecule has 0 amide bonds. The number of aliphatic hydroxyl groups is 2. The quantitative estimate of drug-likeness (QED) is 0.0146. The molecule has 0 rings (SSSR count). The summed E-state index contributed by atoms with van der Waals surface area (Å²) in [5.41, 5.74) is 0. The van der Waals surface area contributed by atoms with Gasteiger partial charge in [0.05, 0.1) is 26.4 Å². The highest BCUT2D eigenvalue weighted by molar-refractivity contribution is 7.47. The molecule has 0 heterocycles. The first-order valence-corrected chi connectivity index (χ1v) is 47.1. The highest BCUT2D eigenvalue weighted by atomic mass is 31.2. The Hall–Kier alpha value is -5.35. The van der Waals surface area contributed by atoms with E-state index in [0.717, 1.165) is 154 Å². The molecule has 16 nitrogen and oxygen atoms in total. The van der Waals surface area contributed by atoms with E-state index in [1.54, 1.807) is 0 Å². The van der Waals surface area contributed by atoms with Crippen molar-refractivity contribution in [3.63, 3.8) is 0 Å². The van der Waals surface area contributed by atoms with Crippen molar-refractivity contribution >= 4 is 33.6 Å². The van der Waals surface area contributed by atoms with Gasteiger partial charge in [0.15, 0.2) is 6.10 Å². The van der Waals surface area contributed by atoms with Gasteiger partial charge in [-0.05, 0) is 161 Å². The molecule has 0 saturated heterocycles. The van der Waals surface area contributed by atoms with Gasteiger partial charge in [0.1, 0.15) is 25.4 Å². The molecule has 0 aliphatic heterocycles. The van der Waals surface area contributed by atoms with Crippen molar-refractivity contribution in [1.29, 1.82) is 0 Å². The van der Waals surface area contributed by atoms with E-state index in [1.807, 2.05) is 0 Å². The Morgan fingerprint density at radius 3 is 0.752 bits per heavy atom. The molecule has 5 atom stereocenters. The normalized spacial score (nSPS) is 14.7. The Labute approximate surface area is 687 Å². The highest BCUT2D eigenvalue weighted by Crippen LogP contribution is 2.45. The van der Waals surface area contributed by atoms with E-state index in [-0.39, 0.29) is 19.3 Å². The Morgan fingerprint density at radius 2 is 0.469 bits per heavy atom. The molecule has 0 fully saturated rings. The van der Waals surface area contributed by atoms with Gasteiger partial charge in [-0.25, -0.2) is 9.13 Å². The van der Waals surface area contributed by atoms with Crippen molar-refractivity contribution < 1.29 is 75.8 Å². The highest BCUT2D eigenvalue weighted by Gasteiger charge is 2.29. The summed E-state index contributed by atoms with van der Waals surface area (Å²) in [6.07, 6.45) is 112. The number of phosphoric ester groups is 2. The molecule has 644 valence electrons. The molecule has 0 aromatic rings. The average molecular weight is 1620 g/mol. The lowest BCUT2D eigenvalue weighted by molar-refractivity contribution is -0.161. The molecule has 0 aromatic heterocycles. The summed E-state index contributed by atoms with van der Waals surface area (Å²) in [4.78, 5) is 58.8. The predicted octanol–water partition coefficient (Wildman–Crippen LogP) is 26.9. The summed E-state index contributed by atoms with van der Waals surface area (Å²) >= 11 is 0. The van der Waals surface area contributed by atoms with Gasteiger partial charge in [0, 0.05) is 19.3 Å². The van der Waals surface area contributed by atoms with E-state index in [1.165, 1.54) is 128 Å². The van der Waals surface area contributed by atoms with Crippen LogP contribution in [0, 0.1) is 0 Å². The molecule has 18 heteroatoms. The van der Waals surface area contributed by atoms with E-state index in [0.29, 0.717) is 19.3 Å². The number of hydrogen-bond acceptors (Lipinski definition) is 14. The van der Waals surface area contributed by atoms with Crippen LogP contribution < -0.4 is 0 Å². The third-order valence-corrected chi connectivity index (χ3v) is 20.0. The molecular weight excluding hydrogens is 1460 g/mol. The summed E-state index contributed by atoms with van der Waals surface area (Å²) in [6.45, 7) is 2.36. The molecular formula is C95H158O16P2. The first kappa shape index (κ1) is 108. The summed E-state index contributed by atoms with van der Waals surface area (Å²) in [7, 11) is -9.83. The van der Waals surface area contributed by atoms with E-state index in [4.69, 9.17) is 32.3 Å². The Morgan fingerprint density at radius 1 is 0.257 bits per heavy atom. The zero-order chi connectivity index (χ0) is 82.2. The second-order valence-corrected chi connectivity index (χ2v) is 31.8. The van der Waals surface area contributed by atoms with Gasteiger partial charge >= 0.3 is 33.6 Å². The van der Waals surface area contributed by atoms with Gasteiger partial charge in [0.25, 0.3) is 0 Å². The number of ether oxygens (including phenoxy) is 3. The smallest absolute Gasteiger partial charge is 0.463 e. The van der Waals surface area contributed by atoms with Crippen molar-refractivity contribution in [2.45, 2.75) is 360 Å². The van der Waals surface area contributed by atoms with Gasteiger partial charge < -0.3 is 34.2 Å². The number of carbonyl (C=O) groups excluding carboxylic acids is 3. The first-order chi connectivity index (χ1) is 55.2. The molecule has 0 spiro atoms. The van der Waals surface area contributed by atoms with Crippen LogP contribution in [0.3, 0.4) is 0 Å². The third-order valence-electron chi connectivity index (χ3n) is 18.1. The van der Waals surface area contributed by atoms with Crippen LogP contribution in [0.5, 0.6) is 0 Å². The molecule has 4 N–H and O–H groups in total. The van der Waals surface area contributed by atoms with Crippen molar-refractivity contribution in [2.24, 2.45) is 0 Å². The number of phosphoric acid groups is 2. The first-order valence-electron chi connectivity index (χ1n) is 44.1. The topological polar surface area (TPSA) is 231 Å². The molecule has 0 aliphatic rings. The van der Waals surface area contributed by atoms with Gasteiger partial charge in [-0.2, -0.15) is 0 Å². The molecule has 0 bridgehead atoms. The van der Waals surface area contributed by atoms with Crippen LogP contribution in [0.2, 0.25) is 0 Å². The second-order valence-electron chi connectivity index (χ2n) is 28.9. The van der Waals surface area contributed by atoms with E-state index in [9.17, 15) is 43.5 Å². The summed E-state index contributed by atoms with van der Waals surface area (Å²) in [5.74, 6) is -1.65. The second kappa shape index (κ2) is 86.0. The van der Waals surface area contributed by atoms with Crippen LogP contribution in [0.4, 0.5) is 0 Å². The number of aliphatic hydroxyl groups excluding tert-OH is 2. The predicted molar refractivity (Wildman–Crippen MR) is 472 cm³/mol. The van der Waals surface area contributed by atoms with Crippen molar-refractivity contribution in [2.75, 3.05) is 39.6 Å². The minimum absolute atomic E-state index is 0.0525. The number of hydrogen-bond donors (Lipinski definition) is 4. The molecule has 0 saturated carbocycles. The van der Waals surface area contributed by atoms with Crippen LogP contribution in [0.1, 0.15) is 342 Å². The van der Waals surface area contributed by atoms with Crippen LogP contribution in [0.15, 0.2) is 182 Å². The number of carbonyl (C=O) groups is 3. The lowest BCUT2D eigenvalue weighted by Crippen LogP contribution is -2.30. The molecule has 0 aliphatic carbocycles. The van der Waals surface area contributed by atoms with Gasteiger partial charge in [-0.15, -0.1) is 0 Å². The zero-order valence-corrected chi connectivity index (χ0v) is 72.5. The SMILES string of the molecule is CC/C=C\C/C=C\C/C=C\C/C=C\C/C=C\C/C=C\CCCCCCC(=O)OCC(COP(=O)(O)OCC(O)COP(=O)(O)OCC(O)COC(=O)CCCCCCCCCCCCCCCCCCCCC/C=C\C/C=C\C/C=C\C/C=C\CCCCC)OC(=O)CCCCC/C=C\C/C=C\C/C=C\C/C=C\C/C=C\CC. The largest absolute Gasteiger partial charge is 0.472 e. The summed E-state index contributed by atoms with van der Waals surface area (Å²) in [6, 6.07) is 0. The fourth-order valence-corrected chi connectivity index (χ4v) is 13.1. The van der Waals surface area contributed by atoms with Crippen molar-refractivity contribution in [3.05, 3.63) is 182 Å². The maximum atomic E-state index is 13.0. The zero-order valence-electron chi connectivity index (χ0n) is 70.7. The summed E-state index contributed by atoms with van der Waals surface area (Å²) < 4.78 is 61.3. The van der Waals surface area contributed by atoms with Crippen LogP contribution in [-0.2, 0) is 55.8 Å². The Bertz CT molecular complexity index is 2780. The van der Waals surface area contributed by atoms with Crippen LogP contribution in [0.25, 0.3) is 0 Å². The number of rotatable bonds is 82. The fourth-order valence-electron chi connectivity index (χ4n) is 11.5. The average Bonchev–Trinajstić information content (AvgIpc) is 0.902. The fraction of sp³-hybridized carbons (Fsp3) is 0.653. The maximum Gasteiger partial charge on any atom is 0.472 e. The summed E-state index contributed by atoms with van der Waals surface area (Å²) in [5, 5.41) is 20.7. The van der Waals surface area contributed by atoms with Gasteiger partial charge in [-0.1, -0.05) is 344 Å². The third kappa shape index (κ3) is 87.3. The van der Waals surface area contributed by atoms with E-state index >= 15 is 0 Å². The molecule has 0 aromatic carbocycles. The Balaban J connectivity index is 4.54.